The van der Waals surface area contributed by atoms with Gasteiger partial charge in [0, 0.05) is 30.9 Å². The van der Waals surface area contributed by atoms with E-state index in [-0.39, 0.29) is 11.5 Å². The topological polar surface area (TPSA) is 38.5 Å². The van der Waals surface area contributed by atoms with Crippen molar-refractivity contribution in [2.75, 3.05) is 25.1 Å². The molecule has 1 aromatic rings. The maximum absolute atomic E-state index is 6.24. The SMILES string of the molecule is COc1cccc(N2CCC(C)(C)C(N)C2)c1. The van der Waals surface area contributed by atoms with Gasteiger partial charge in [-0.05, 0) is 24.0 Å². The Balaban J connectivity index is 2.13. The van der Waals surface area contributed by atoms with Gasteiger partial charge in [0.05, 0.1) is 7.11 Å². The van der Waals surface area contributed by atoms with Gasteiger partial charge in [-0.3, -0.25) is 0 Å². The molecule has 2 rings (SSSR count). The van der Waals surface area contributed by atoms with Gasteiger partial charge in [-0.1, -0.05) is 19.9 Å². The average molecular weight is 234 g/mol. The van der Waals surface area contributed by atoms with Crippen molar-refractivity contribution in [2.45, 2.75) is 26.3 Å². The van der Waals surface area contributed by atoms with Crippen molar-refractivity contribution in [2.24, 2.45) is 11.1 Å². The number of piperidine rings is 1. The number of nitrogens with zero attached hydrogens (tertiary/aromatic N) is 1. The Labute approximate surface area is 104 Å². The highest BCUT2D eigenvalue weighted by molar-refractivity contribution is 5.51. The maximum atomic E-state index is 6.24. The fourth-order valence-electron chi connectivity index (χ4n) is 2.23. The highest BCUT2D eigenvalue weighted by Gasteiger charge is 2.32. The lowest BCUT2D eigenvalue weighted by Gasteiger charge is -2.43. The Bertz CT molecular complexity index is 390. The van der Waals surface area contributed by atoms with Gasteiger partial charge in [-0.25, -0.2) is 0 Å². The summed E-state index contributed by atoms with van der Waals surface area (Å²) in [5, 5.41) is 0. The summed E-state index contributed by atoms with van der Waals surface area (Å²) >= 11 is 0. The number of ether oxygens (including phenoxy) is 1. The number of hydrogen-bond donors (Lipinski definition) is 1. The van der Waals surface area contributed by atoms with Crippen LogP contribution in [0.1, 0.15) is 20.3 Å². The smallest absolute Gasteiger partial charge is 0.120 e. The van der Waals surface area contributed by atoms with Gasteiger partial charge in [0.2, 0.25) is 0 Å². The molecule has 94 valence electrons. The summed E-state index contributed by atoms with van der Waals surface area (Å²) in [6.45, 7) is 6.48. The van der Waals surface area contributed by atoms with Gasteiger partial charge in [0.25, 0.3) is 0 Å². The van der Waals surface area contributed by atoms with Crippen LogP contribution in [-0.4, -0.2) is 26.2 Å². The molecule has 2 N–H and O–H groups in total. The Kier molecular flexibility index (Phi) is 3.29. The van der Waals surface area contributed by atoms with Crippen molar-refractivity contribution in [3.05, 3.63) is 24.3 Å². The summed E-state index contributed by atoms with van der Waals surface area (Å²) in [7, 11) is 1.70. The summed E-state index contributed by atoms with van der Waals surface area (Å²) in [6.07, 6.45) is 1.13. The third-order valence-corrected chi connectivity index (χ3v) is 3.87. The van der Waals surface area contributed by atoms with Gasteiger partial charge >= 0.3 is 0 Å². The highest BCUT2D eigenvalue weighted by atomic mass is 16.5. The Hall–Kier alpha value is -1.22. The first-order chi connectivity index (χ1) is 8.03. The second-order valence-corrected chi connectivity index (χ2v) is 5.49. The fourth-order valence-corrected chi connectivity index (χ4v) is 2.23. The molecule has 0 aliphatic carbocycles. The first kappa shape index (κ1) is 12.2. The fraction of sp³-hybridized carbons (Fsp3) is 0.571. The maximum Gasteiger partial charge on any atom is 0.120 e. The molecule has 3 nitrogen and oxygen atoms in total. The third kappa shape index (κ3) is 2.55. The zero-order valence-corrected chi connectivity index (χ0v) is 10.9. The quantitative estimate of drug-likeness (QED) is 0.853. The van der Waals surface area contributed by atoms with E-state index in [1.54, 1.807) is 7.11 Å². The third-order valence-electron chi connectivity index (χ3n) is 3.87. The van der Waals surface area contributed by atoms with E-state index < -0.39 is 0 Å². The summed E-state index contributed by atoms with van der Waals surface area (Å²) in [5.41, 5.74) is 7.69. The number of nitrogens with two attached hydrogens (primary N) is 1. The van der Waals surface area contributed by atoms with Gasteiger partial charge in [-0.15, -0.1) is 0 Å². The number of rotatable bonds is 2. The van der Waals surface area contributed by atoms with Crippen molar-refractivity contribution in [1.82, 2.24) is 0 Å². The summed E-state index contributed by atoms with van der Waals surface area (Å²) < 4.78 is 5.26. The number of methoxy groups -OCH3 is 1. The van der Waals surface area contributed by atoms with Crippen molar-refractivity contribution in [3.8, 4) is 5.75 Å². The number of anilines is 1. The second-order valence-electron chi connectivity index (χ2n) is 5.49. The molecule has 17 heavy (non-hydrogen) atoms. The molecule has 1 fully saturated rings. The molecular formula is C14H22N2O. The van der Waals surface area contributed by atoms with E-state index in [0.717, 1.165) is 25.3 Å². The summed E-state index contributed by atoms with van der Waals surface area (Å²) in [4.78, 5) is 2.35. The summed E-state index contributed by atoms with van der Waals surface area (Å²) in [6, 6.07) is 8.41. The van der Waals surface area contributed by atoms with Gasteiger partial charge in [0.1, 0.15) is 5.75 Å². The van der Waals surface area contributed by atoms with Crippen molar-refractivity contribution in [3.63, 3.8) is 0 Å². The molecule has 1 saturated heterocycles. The Morgan fingerprint density at radius 1 is 1.41 bits per heavy atom. The van der Waals surface area contributed by atoms with E-state index in [1.165, 1.54) is 5.69 Å². The van der Waals surface area contributed by atoms with Crippen molar-refractivity contribution in [1.29, 1.82) is 0 Å². The van der Waals surface area contributed by atoms with E-state index in [2.05, 4.69) is 30.9 Å². The predicted molar refractivity (Wildman–Crippen MR) is 71.6 cm³/mol. The van der Waals surface area contributed by atoms with Crippen LogP contribution in [-0.2, 0) is 0 Å². The van der Waals surface area contributed by atoms with Gasteiger partial charge in [-0.2, -0.15) is 0 Å². The van der Waals surface area contributed by atoms with Crippen LogP contribution in [0.25, 0.3) is 0 Å². The number of hydrogen-bond acceptors (Lipinski definition) is 3. The molecule has 0 spiro atoms. The van der Waals surface area contributed by atoms with Crippen LogP contribution in [0.5, 0.6) is 5.75 Å². The highest BCUT2D eigenvalue weighted by Crippen LogP contribution is 2.32. The van der Waals surface area contributed by atoms with E-state index in [0.29, 0.717) is 0 Å². The van der Waals surface area contributed by atoms with Crippen LogP contribution >= 0.6 is 0 Å². The monoisotopic (exact) mass is 234 g/mol. The average Bonchev–Trinajstić information content (AvgIpc) is 2.33. The molecule has 1 atom stereocenters. The molecule has 1 unspecified atom stereocenters. The summed E-state index contributed by atoms with van der Waals surface area (Å²) in [5.74, 6) is 0.904. The molecule has 0 radical (unpaired) electrons. The predicted octanol–water partition coefficient (Wildman–Crippen LogP) is 2.26. The second kappa shape index (κ2) is 4.57. The minimum absolute atomic E-state index is 0.224. The number of benzene rings is 1. The van der Waals surface area contributed by atoms with Crippen molar-refractivity contribution < 1.29 is 4.74 Å². The molecule has 1 aliphatic heterocycles. The molecule has 0 aromatic heterocycles. The van der Waals surface area contributed by atoms with E-state index in [1.807, 2.05) is 12.1 Å². The largest absolute Gasteiger partial charge is 0.497 e. The Morgan fingerprint density at radius 3 is 2.82 bits per heavy atom. The van der Waals surface area contributed by atoms with E-state index in [9.17, 15) is 0 Å². The molecule has 1 aromatic carbocycles. The van der Waals surface area contributed by atoms with Crippen LogP contribution in [0.2, 0.25) is 0 Å². The Morgan fingerprint density at radius 2 is 2.18 bits per heavy atom. The van der Waals surface area contributed by atoms with Gasteiger partial charge < -0.3 is 15.4 Å². The lowest BCUT2D eigenvalue weighted by atomic mass is 9.78. The van der Waals surface area contributed by atoms with Crippen LogP contribution in [0.15, 0.2) is 24.3 Å². The molecular weight excluding hydrogens is 212 g/mol. The normalized spacial score (nSPS) is 23.5. The van der Waals surface area contributed by atoms with Crippen LogP contribution < -0.4 is 15.4 Å². The molecule has 1 aliphatic rings. The molecule has 1 heterocycles. The minimum Gasteiger partial charge on any atom is -0.497 e. The zero-order chi connectivity index (χ0) is 12.5. The van der Waals surface area contributed by atoms with Crippen LogP contribution in [0, 0.1) is 5.41 Å². The van der Waals surface area contributed by atoms with Crippen LogP contribution in [0.3, 0.4) is 0 Å². The van der Waals surface area contributed by atoms with Gasteiger partial charge in [0.15, 0.2) is 0 Å². The first-order valence-electron chi connectivity index (χ1n) is 6.17. The van der Waals surface area contributed by atoms with Crippen molar-refractivity contribution >= 4 is 5.69 Å². The molecule has 0 saturated carbocycles. The molecule has 0 amide bonds. The zero-order valence-electron chi connectivity index (χ0n) is 10.9. The van der Waals surface area contributed by atoms with E-state index in [4.69, 9.17) is 10.5 Å². The lowest BCUT2D eigenvalue weighted by Crippen LogP contribution is -2.52. The molecule has 0 bridgehead atoms. The first-order valence-corrected chi connectivity index (χ1v) is 6.17. The minimum atomic E-state index is 0.224. The van der Waals surface area contributed by atoms with E-state index >= 15 is 0 Å². The van der Waals surface area contributed by atoms with Crippen LogP contribution in [0.4, 0.5) is 5.69 Å². The lowest BCUT2D eigenvalue weighted by molar-refractivity contribution is 0.235. The standard InChI is InChI=1S/C14H22N2O/c1-14(2)7-8-16(10-13(14)15)11-5-4-6-12(9-11)17-3/h4-6,9,13H,7-8,10,15H2,1-3H3. The molecule has 3 heteroatoms.